The molecule has 0 spiro atoms. The Morgan fingerprint density at radius 2 is 1.55 bits per heavy atom. The van der Waals surface area contributed by atoms with Crippen LogP contribution in [-0.2, 0) is 25.5 Å². The maximum Gasteiger partial charge on any atom is 0.410 e. The first-order chi connectivity index (χ1) is 18.4. The van der Waals surface area contributed by atoms with Gasteiger partial charge in [0.25, 0.3) is 0 Å². The van der Waals surface area contributed by atoms with E-state index in [9.17, 15) is 14.4 Å². The second-order valence-electron chi connectivity index (χ2n) is 9.21. The maximum absolute atomic E-state index is 12.8. The van der Waals surface area contributed by atoms with E-state index < -0.39 is 11.9 Å². The number of rotatable bonds is 11. The maximum atomic E-state index is 12.8. The van der Waals surface area contributed by atoms with Crippen LogP contribution in [0.2, 0.25) is 0 Å². The van der Waals surface area contributed by atoms with Gasteiger partial charge in [-0.3, -0.25) is 9.80 Å². The number of ether oxygens (including phenoxy) is 2. The van der Waals surface area contributed by atoms with Gasteiger partial charge in [-0.25, -0.2) is 14.4 Å². The van der Waals surface area contributed by atoms with Gasteiger partial charge in [-0.2, -0.15) is 0 Å². The smallest absolute Gasteiger partial charge is 0.410 e. The number of carbonyl (C=O) groups is 3. The van der Waals surface area contributed by atoms with Crippen LogP contribution in [0.4, 0.5) is 4.79 Å². The molecule has 2 saturated heterocycles. The van der Waals surface area contributed by atoms with Crippen LogP contribution in [0.5, 0.6) is 0 Å². The molecule has 2 aromatic rings. The molecule has 2 aromatic carbocycles. The zero-order valence-electron chi connectivity index (χ0n) is 21.5. The summed E-state index contributed by atoms with van der Waals surface area (Å²) in [4.78, 5) is 36.2. The highest BCUT2D eigenvalue weighted by Gasteiger charge is 2.36. The average molecular weight is 525 g/mol. The molecule has 2 heterocycles. The summed E-state index contributed by atoms with van der Waals surface area (Å²) in [5, 5.41) is 15.6. The van der Waals surface area contributed by atoms with E-state index in [1.165, 1.54) is 11.1 Å². The van der Waals surface area contributed by atoms with E-state index in [0.29, 0.717) is 18.7 Å². The summed E-state index contributed by atoms with van der Waals surface area (Å²) in [6.45, 7) is 5.17. The molecule has 0 radical (unpaired) electrons. The Labute approximate surface area is 223 Å². The van der Waals surface area contributed by atoms with Gasteiger partial charge in [0.05, 0.1) is 25.8 Å². The normalized spacial score (nSPS) is 18.5. The van der Waals surface area contributed by atoms with Gasteiger partial charge in [0.15, 0.2) is 0 Å². The fourth-order valence-corrected chi connectivity index (χ4v) is 4.57. The highest BCUT2D eigenvalue weighted by atomic mass is 16.6. The number of benzene rings is 2. The molecule has 0 bridgehead atoms. The Bertz CT molecular complexity index is 1020. The summed E-state index contributed by atoms with van der Waals surface area (Å²) in [7, 11) is 0. The Morgan fingerprint density at radius 3 is 2.16 bits per heavy atom. The summed E-state index contributed by atoms with van der Waals surface area (Å²) in [6, 6.07) is 20.9. The fourth-order valence-electron chi connectivity index (χ4n) is 4.57. The van der Waals surface area contributed by atoms with Gasteiger partial charge >= 0.3 is 18.0 Å². The van der Waals surface area contributed by atoms with Crippen molar-refractivity contribution in [3.63, 3.8) is 0 Å². The van der Waals surface area contributed by atoms with Crippen molar-refractivity contribution in [2.45, 2.75) is 37.8 Å². The number of amides is 1. The molecule has 0 aromatic heterocycles. The SMILES string of the molecule is O=C(O)/C=C/C(=O)O.O=C1OC(CCCc2ccccc2)CN1C(CCN1CCOCC1)c1ccccc1. The molecular weight excluding hydrogens is 488 g/mol. The molecule has 2 atom stereocenters. The monoisotopic (exact) mass is 524 g/mol. The van der Waals surface area contributed by atoms with Crippen LogP contribution in [0.3, 0.4) is 0 Å². The van der Waals surface area contributed by atoms with Crippen LogP contribution in [0.15, 0.2) is 72.8 Å². The number of carboxylic acid groups (broad SMARTS) is 2. The number of aryl methyl sites for hydroxylation is 1. The number of hydrogen-bond donors (Lipinski definition) is 2. The number of aliphatic carboxylic acids is 2. The molecule has 2 fully saturated rings. The lowest BCUT2D eigenvalue weighted by Gasteiger charge is -2.31. The van der Waals surface area contributed by atoms with Gasteiger partial charge < -0.3 is 19.7 Å². The molecule has 204 valence electrons. The zero-order chi connectivity index (χ0) is 27.2. The Balaban J connectivity index is 0.000000436. The van der Waals surface area contributed by atoms with Gasteiger partial charge in [-0.05, 0) is 36.8 Å². The minimum Gasteiger partial charge on any atom is -0.478 e. The topological polar surface area (TPSA) is 117 Å². The first-order valence-electron chi connectivity index (χ1n) is 12.9. The largest absolute Gasteiger partial charge is 0.478 e. The first kappa shape index (κ1) is 28.9. The average Bonchev–Trinajstić information content (AvgIpc) is 3.29. The van der Waals surface area contributed by atoms with Crippen molar-refractivity contribution in [3.05, 3.63) is 83.9 Å². The quantitative estimate of drug-likeness (QED) is 0.424. The molecule has 0 saturated carbocycles. The molecule has 9 heteroatoms. The zero-order valence-corrected chi connectivity index (χ0v) is 21.5. The second kappa shape index (κ2) is 15.5. The van der Waals surface area contributed by atoms with E-state index in [1.807, 2.05) is 17.0 Å². The summed E-state index contributed by atoms with van der Waals surface area (Å²) in [5.74, 6) is -2.51. The molecule has 38 heavy (non-hydrogen) atoms. The molecule has 9 nitrogen and oxygen atoms in total. The van der Waals surface area contributed by atoms with E-state index in [0.717, 1.165) is 58.5 Å². The van der Waals surface area contributed by atoms with Gasteiger partial charge in [0.2, 0.25) is 0 Å². The van der Waals surface area contributed by atoms with E-state index in [2.05, 4.69) is 53.4 Å². The standard InChI is InChI=1S/C25H32N2O3.C4H4O4/c28-25-27(20-23(30-25)13-7-10-21-8-3-1-4-9-21)24(22-11-5-2-6-12-22)14-15-26-16-18-29-19-17-26;5-3(6)1-2-4(7)8/h1-6,8-9,11-12,23-24H,7,10,13-20H2;1-2H,(H,5,6)(H,7,8)/b;2-1+. The van der Waals surface area contributed by atoms with E-state index in [1.54, 1.807) is 0 Å². The van der Waals surface area contributed by atoms with Crippen molar-refractivity contribution in [1.29, 1.82) is 0 Å². The third-order valence-electron chi connectivity index (χ3n) is 6.49. The van der Waals surface area contributed by atoms with Gasteiger partial charge in [0.1, 0.15) is 6.10 Å². The van der Waals surface area contributed by atoms with Gasteiger partial charge in [0, 0.05) is 31.8 Å². The number of morpholine rings is 1. The molecule has 4 rings (SSSR count). The minimum atomic E-state index is -1.26. The third kappa shape index (κ3) is 9.99. The van der Waals surface area contributed by atoms with Gasteiger partial charge in [-0.1, -0.05) is 60.7 Å². The van der Waals surface area contributed by atoms with Crippen molar-refractivity contribution in [2.75, 3.05) is 39.4 Å². The molecule has 0 aliphatic carbocycles. The highest BCUT2D eigenvalue weighted by Crippen LogP contribution is 2.30. The van der Waals surface area contributed by atoms with Crippen LogP contribution >= 0.6 is 0 Å². The lowest BCUT2D eigenvalue weighted by atomic mass is 10.0. The lowest BCUT2D eigenvalue weighted by Crippen LogP contribution is -2.39. The van der Waals surface area contributed by atoms with Crippen LogP contribution in [0.25, 0.3) is 0 Å². The molecule has 2 aliphatic rings. The summed E-state index contributed by atoms with van der Waals surface area (Å²) in [6.07, 6.45) is 4.79. The summed E-state index contributed by atoms with van der Waals surface area (Å²) < 4.78 is 11.2. The number of cyclic esters (lactones) is 1. The Morgan fingerprint density at radius 1 is 0.947 bits per heavy atom. The highest BCUT2D eigenvalue weighted by molar-refractivity contribution is 5.89. The van der Waals surface area contributed by atoms with Gasteiger partial charge in [-0.15, -0.1) is 0 Å². The van der Waals surface area contributed by atoms with Crippen LogP contribution in [0.1, 0.15) is 36.4 Å². The van der Waals surface area contributed by atoms with Crippen molar-refractivity contribution in [2.24, 2.45) is 0 Å². The van der Waals surface area contributed by atoms with Crippen molar-refractivity contribution in [3.8, 4) is 0 Å². The van der Waals surface area contributed by atoms with E-state index >= 15 is 0 Å². The molecule has 2 unspecified atom stereocenters. The van der Waals surface area contributed by atoms with Crippen LogP contribution < -0.4 is 0 Å². The lowest BCUT2D eigenvalue weighted by molar-refractivity contribution is -0.134. The fraction of sp³-hybridized carbons (Fsp3) is 0.414. The van der Waals surface area contributed by atoms with Crippen molar-refractivity contribution >= 4 is 18.0 Å². The molecular formula is C29H36N2O7. The predicted molar refractivity (Wildman–Crippen MR) is 142 cm³/mol. The molecule has 2 aliphatic heterocycles. The first-order valence-corrected chi connectivity index (χ1v) is 12.9. The number of nitrogens with zero attached hydrogens (tertiary/aromatic N) is 2. The van der Waals surface area contributed by atoms with E-state index in [4.69, 9.17) is 19.7 Å². The van der Waals surface area contributed by atoms with Crippen LogP contribution in [-0.4, -0.2) is 83.5 Å². The summed E-state index contributed by atoms with van der Waals surface area (Å²) in [5.41, 5.74) is 2.53. The summed E-state index contributed by atoms with van der Waals surface area (Å²) >= 11 is 0. The van der Waals surface area contributed by atoms with Crippen molar-refractivity contribution in [1.82, 2.24) is 9.80 Å². The molecule has 2 N–H and O–H groups in total. The predicted octanol–water partition coefficient (Wildman–Crippen LogP) is 4.01. The molecule has 1 amide bonds. The Kier molecular flexibility index (Phi) is 11.8. The number of hydrogen-bond acceptors (Lipinski definition) is 6. The number of carbonyl (C=O) groups excluding carboxylic acids is 1. The van der Waals surface area contributed by atoms with Crippen molar-refractivity contribution < 1.29 is 34.1 Å². The third-order valence-corrected chi connectivity index (χ3v) is 6.49. The van der Waals surface area contributed by atoms with E-state index in [-0.39, 0.29) is 18.2 Å². The minimum absolute atomic E-state index is 0.0178. The Hall–Kier alpha value is -3.69. The van der Waals surface area contributed by atoms with Crippen LogP contribution in [0, 0.1) is 0 Å². The second-order valence-corrected chi connectivity index (χ2v) is 9.21. The number of carboxylic acids is 2.